The Kier molecular flexibility index (Phi) is 9.31. The molecule has 0 saturated heterocycles. The van der Waals surface area contributed by atoms with Crippen molar-refractivity contribution >= 4 is 74.2 Å². The van der Waals surface area contributed by atoms with Crippen LogP contribution in [0.25, 0.3) is 10.8 Å². The molecule has 1 aliphatic heterocycles. The van der Waals surface area contributed by atoms with Crippen molar-refractivity contribution in [3.05, 3.63) is 87.8 Å². The third kappa shape index (κ3) is 6.61. The number of aromatic carboxylic acids is 1. The summed E-state index contributed by atoms with van der Waals surface area (Å²) in [4.78, 5) is 66.0. The van der Waals surface area contributed by atoms with Crippen LogP contribution in [0.4, 0.5) is 10.7 Å². The van der Waals surface area contributed by atoms with E-state index in [-0.39, 0.29) is 35.3 Å². The summed E-state index contributed by atoms with van der Waals surface area (Å²) in [6.45, 7) is 4.28. The van der Waals surface area contributed by atoms with Gasteiger partial charge in [-0.3, -0.25) is 14.4 Å². The highest BCUT2D eigenvalue weighted by Crippen LogP contribution is 2.38. The number of rotatable bonds is 9. The summed E-state index contributed by atoms with van der Waals surface area (Å²) in [6, 6.07) is 16.9. The number of carbonyl (C=O) groups is 5. The van der Waals surface area contributed by atoms with Gasteiger partial charge in [-0.1, -0.05) is 30.3 Å². The Labute approximate surface area is 261 Å². The number of anilines is 2. The van der Waals surface area contributed by atoms with Crippen LogP contribution in [-0.2, 0) is 27.3 Å². The number of hydrogen-bond donors (Lipinski definition) is 3. The zero-order chi connectivity index (χ0) is 31.4. The van der Waals surface area contributed by atoms with Crippen LogP contribution in [0.2, 0.25) is 0 Å². The van der Waals surface area contributed by atoms with Crippen molar-refractivity contribution in [3.63, 3.8) is 0 Å². The summed E-state index contributed by atoms with van der Waals surface area (Å²) in [5.41, 5.74) is 1.91. The molecule has 2 heterocycles. The molecule has 5 rings (SSSR count). The minimum atomic E-state index is -1.12. The number of carbonyl (C=O) groups excluding carboxylic acids is 4. The molecule has 0 unspecified atom stereocenters. The number of amides is 3. The molecule has 0 spiro atoms. The van der Waals surface area contributed by atoms with E-state index in [1.807, 2.05) is 0 Å². The van der Waals surface area contributed by atoms with Crippen LogP contribution in [0.15, 0.2) is 65.6 Å². The van der Waals surface area contributed by atoms with Crippen molar-refractivity contribution in [1.82, 2.24) is 4.90 Å². The number of fused-ring (bicyclic) bond motifs is 2. The van der Waals surface area contributed by atoms with E-state index in [0.29, 0.717) is 46.5 Å². The standard InChI is InChI=1S/C32H29N3O7S2/c1-3-42-32(41)28-22-13-14-35(18(2)36)16-25(22)44-30(28)34-26(37)17-43-21-10-6-9-20(15-21)33-29(38)23-11-4-7-19-8-5-12-24(27(19)23)31(39)40/h4-12,15H,3,13-14,16-17H2,1-2H3,(H,33,38)(H,34,37)(H,39,40). The number of ether oxygens (including phenoxy) is 1. The van der Waals surface area contributed by atoms with Gasteiger partial charge in [-0.25, -0.2) is 9.59 Å². The minimum absolute atomic E-state index is 0.0348. The van der Waals surface area contributed by atoms with Crippen molar-refractivity contribution in [2.24, 2.45) is 0 Å². The Bertz CT molecular complexity index is 1790. The highest BCUT2D eigenvalue weighted by atomic mass is 32.2. The summed E-state index contributed by atoms with van der Waals surface area (Å²) in [5.74, 6) is -2.43. The van der Waals surface area contributed by atoms with E-state index >= 15 is 0 Å². The molecule has 0 saturated carbocycles. The Morgan fingerprint density at radius 2 is 1.73 bits per heavy atom. The van der Waals surface area contributed by atoms with Crippen LogP contribution in [0.3, 0.4) is 0 Å². The molecular weight excluding hydrogens is 603 g/mol. The lowest BCUT2D eigenvalue weighted by atomic mass is 9.98. The van der Waals surface area contributed by atoms with Gasteiger partial charge in [0, 0.05) is 39.9 Å². The third-order valence-electron chi connectivity index (χ3n) is 7.08. The molecular formula is C32H29N3O7S2. The molecule has 0 fully saturated rings. The first kappa shape index (κ1) is 30.8. The zero-order valence-electron chi connectivity index (χ0n) is 24.0. The fourth-order valence-corrected chi connectivity index (χ4v) is 7.08. The molecule has 1 aliphatic rings. The van der Waals surface area contributed by atoms with Gasteiger partial charge in [-0.2, -0.15) is 0 Å². The van der Waals surface area contributed by atoms with Gasteiger partial charge in [-0.05, 0) is 54.6 Å². The Morgan fingerprint density at radius 3 is 2.43 bits per heavy atom. The molecule has 3 amide bonds. The molecule has 4 aromatic rings. The maximum Gasteiger partial charge on any atom is 0.341 e. The maximum absolute atomic E-state index is 13.2. The first-order valence-corrected chi connectivity index (χ1v) is 15.6. The quantitative estimate of drug-likeness (QED) is 0.159. The smallest absolute Gasteiger partial charge is 0.341 e. The number of thioether (sulfide) groups is 1. The van der Waals surface area contributed by atoms with Crippen LogP contribution in [-0.4, -0.2) is 58.6 Å². The SMILES string of the molecule is CCOC(=O)c1c(NC(=O)CSc2cccc(NC(=O)c3cccc4cccc(C(=O)O)c34)c2)sc2c1CCN(C(C)=O)C2. The number of carboxylic acid groups (broad SMARTS) is 1. The maximum atomic E-state index is 13.2. The summed E-state index contributed by atoms with van der Waals surface area (Å²) in [6.07, 6.45) is 0.499. The van der Waals surface area contributed by atoms with Crippen LogP contribution in [0.1, 0.15) is 55.4 Å². The van der Waals surface area contributed by atoms with Gasteiger partial charge in [0.05, 0.1) is 30.0 Å². The second-order valence-corrected chi connectivity index (χ2v) is 12.1. The largest absolute Gasteiger partial charge is 0.478 e. The summed E-state index contributed by atoms with van der Waals surface area (Å²) >= 11 is 2.53. The minimum Gasteiger partial charge on any atom is -0.478 e. The van der Waals surface area contributed by atoms with E-state index in [9.17, 15) is 29.1 Å². The molecule has 12 heteroatoms. The number of hydrogen-bond acceptors (Lipinski definition) is 8. The molecule has 0 atom stereocenters. The monoisotopic (exact) mass is 631 g/mol. The molecule has 1 aromatic heterocycles. The highest BCUT2D eigenvalue weighted by Gasteiger charge is 2.30. The zero-order valence-corrected chi connectivity index (χ0v) is 25.6. The van der Waals surface area contributed by atoms with Gasteiger partial charge in [0.25, 0.3) is 5.91 Å². The lowest BCUT2D eigenvalue weighted by molar-refractivity contribution is -0.129. The number of benzene rings is 3. The number of carboxylic acids is 1. The lowest BCUT2D eigenvalue weighted by Gasteiger charge is -2.25. The number of esters is 1. The summed E-state index contributed by atoms with van der Waals surface area (Å²) < 4.78 is 5.26. The predicted octanol–water partition coefficient (Wildman–Crippen LogP) is 5.66. The topological polar surface area (TPSA) is 142 Å². The molecule has 0 radical (unpaired) electrons. The molecule has 3 N–H and O–H groups in total. The first-order chi connectivity index (χ1) is 21.2. The Balaban J connectivity index is 1.28. The third-order valence-corrected chi connectivity index (χ3v) is 9.20. The average molecular weight is 632 g/mol. The number of nitrogens with zero attached hydrogens (tertiary/aromatic N) is 1. The van der Waals surface area contributed by atoms with E-state index in [2.05, 4.69) is 10.6 Å². The second kappa shape index (κ2) is 13.3. The predicted molar refractivity (Wildman–Crippen MR) is 170 cm³/mol. The van der Waals surface area contributed by atoms with E-state index in [4.69, 9.17) is 4.74 Å². The highest BCUT2D eigenvalue weighted by molar-refractivity contribution is 8.00. The summed E-state index contributed by atoms with van der Waals surface area (Å²) in [5, 5.41) is 16.7. The fraction of sp³-hybridized carbons (Fsp3) is 0.219. The van der Waals surface area contributed by atoms with Crippen molar-refractivity contribution in [2.45, 2.75) is 31.7 Å². The van der Waals surface area contributed by atoms with Gasteiger partial charge >= 0.3 is 11.9 Å². The van der Waals surface area contributed by atoms with Gasteiger partial charge in [0.15, 0.2) is 0 Å². The Morgan fingerprint density at radius 1 is 1.00 bits per heavy atom. The van der Waals surface area contributed by atoms with Crippen molar-refractivity contribution in [3.8, 4) is 0 Å². The van der Waals surface area contributed by atoms with E-state index < -0.39 is 17.8 Å². The molecule has 226 valence electrons. The van der Waals surface area contributed by atoms with E-state index in [1.165, 1.54) is 36.1 Å². The number of thiophene rings is 1. The van der Waals surface area contributed by atoms with Crippen molar-refractivity contribution in [2.75, 3.05) is 29.5 Å². The van der Waals surface area contributed by atoms with Gasteiger partial charge in [0.2, 0.25) is 11.8 Å². The van der Waals surface area contributed by atoms with Gasteiger partial charge in [-0.15, -0.1) is 23.1 Å². The molecule has 0 bridgehead atoms. The molecule has 3 aromatic carbocycles. The van der Waals surface area contributed by atoms with Gasteiger partial charge < -0.3 is 25.4 Å². The molecule has 10 nitrogen and oxygen atoms in total. The Hall–Kier alpha value is -4.68. The van der Waals surface area contributed by atoms with E-state index in [1.54, 1.807) is 66.4 Å². The van der Waals surface area contributed by atoms with Crippen LogP contribution in [0.5, 0.6) is 0 Å². The molecule has 44 heavy (non-hydrogen) atoms. The van der Waals surface area contributed by atoms with Crippen LogP contribution >= 0.6 is 23.1 Å². The van der Waals surface area contributed by atoms with Crippen molar-refractivity contribution < 1.29 is 33.8 Å². The fourth-order valence-electron chi connectivity index (χ4n) is 5.06. The molecule has 0 aliphatic carbocycles. The summed E-state index contributed by atoms with van der Waals surface area (Å²) in [7, 11) is 0. The number of nitrogens with one attached hydrogen (secondary N) is 2. The van der Waals surface area contributed by atoms with E-state index in [0.717, 1.165) is 15.3 Å². The lowest BCUT2D eigenvalue weighted by Crippen LogP contribution is -2.34. The average Bonchev–Trinajstić information content (AvgIpc) is 3.36. The second-order valence-electron chi connectivity index (χ2n) is 9.95. The van der Waals surface area contributed by atoms with Gasteiger partial charge in [0.1, 0.15) is 5.00 Å². The van der Waals surface area contributed by atoms with Crippen LogP contribution in [0, 0.1) is 0 Å². The normalized spacial score (nSPS) is 12.4. The van der Waals surface area contributed by atoms with Crippen LogP contribution < -0.4 is 10.6 Å². The van der Waals surface area contributed by atoms with Crippen molar-refractivity contribution in [1.29, 1.82) is 0 Å². The first-order valence-electron chi connectivity index (χ1n) is 13.8.